The SMILES string of the molecule is COc1ccc(-n2nnnc2C2(NCCc3c(C)[nH]c4c(Cl)c(Cl)ccc34)CCCCC2)cc1. The highest BCUT2D eigenvalue weighted by atomic mass is 35.5. The summed E-state index contributed by atoms with van der Waals surface area (Å²) in [7, 11) is 1.66. The summed E-state index contributed by atoms with van der Waals surface area (Å²) >= 11 is 12.7. The molecule has 0 amide bonds. The van der Waals surface area contributed by atoms with Gasteiger partial charge in [0, 0.05) is 17.6 Å². The molecule has 4 aromatic rings. The third-order valence-corrected chi connectivity index (χ3v) is 7.75. The number of aromatic nitrogens is 5. The average Bonchev–Trinajstić information content (AvgIpc) is 3.48. The van der Waals surface area contributed by atoms with E-state index < -0.39 is 0 Å². The quantitative estimate of drug-likeness (QED) is 0.338. The first-order valence-electron chi connectivity index (χ1n) is 11.7. The lowest BCUT2D eigenvalue weighted by Crippen LogP contribution is -2.47. The second kappa shape index (κ2) is 9.56. The van der Waals surface area contributed by atoms with E-state index in [9.17, 15) is 0 Å². The number of fused-ring (bicyclic) bond motifs is 1. The third kappa shape index (κ3) is 4.17. The zero-order valence-electron chi connectivity index (χ0n) is 19.4. The van der Waals surface area contributed by atoms with Crippen LogP contribution < -0.4 is 10.1 Å². The Kier molecular flexibility index (Phi) is 6.51. The molecular weight excluding hydrogens is 471 g/mol. The number of tetrazole rings is 1. The maximum absolute atomic E-state index is 6.44. The van der Waals surface area contributed by atoms with Gasteiger partial charge in [0.2, 0.25) is 0 Å². The fourth-order valence-electron chi connectivity index (χ4n) is 5.16. The maximum Gasteiger partial charge on any atom is 0.176 e. The van der Waals surface area contributed by atoms with Gasteiger partial charge in [-0.3, -0.25) is 0 Å². The van der Waals surface area contributed by atoms with Crippen molar-refractivity contribution in [1.29, 1.82) is 0 Å². The molecule has 0 atom stereocenters. The highest BCUT2D eigenvalue weighted by Crippen LogP contribution is 2.37. The number of rotatable bonds is 7. The van der Waals surface area contributed by atoms with Gasteiger partial charge in [0.05, 0.1) is 33.9 Å². The number of aromatic amines is 1. The average molecular weight is 499 g/mol. The molecule has 0 saturated heterocycles. The molecule has 0 aliphatic heterocycles. The topological polar surface area (TPSA) is 80.7 Å². The lowest BCUT2D eigenvalue weighted by molar-refractivity contribution is 0.217. The number of hydrogen-bond acceptors (Lipinski definition) is 5. The van der Waals surface area contributed by atoms with Gasteiger partial charge in [-0.1, -0.05) is 48.5 Å². The van der Waals surface area contributed by atoms with Crippen LogP contribution in [-0.4, -0.2) is 38.8 Å². The van der Waals surface area contributed by atoms with Crippen molar-refractivity contribution in [3.05, 3.63) is 63.5 Å². The first-order valence-corrected chi connectivity index (χ1v) is 12.4. The normalized spacial score (nSPS) is 15.6. The monoisotopic (exact) mass is 498 g/mol. The van der Waals surface area contributed by atoms with Gasteiger partial charge >= 0.3 is 0 Å². The number of nitrogens with one attached hydrogen (secondary N) is 2. The Morgan fingerprint density at radius 1 is 1.09 bits per heavy atom. The minimum Gasteiger partial charge on any atom is -0.497 e. The second-order valence-electron chi connectivity index (χ2n) is 8.94. The van der Waals surface area contributed by atoms with Crippen LogP contribution in [0, 0.1) is 6.92 Å². The Morgan fingerprint density at radius 2 is 1.85 bits per heavy atom. The molecule has 2 aromatic carbocycles. The van der Waals surface area contributed by atoms with E-state index in [1.807, 2.05) is 41.1 Å². The lowest BCUT2D eigenvalue weighted by Gasteiger charge is -2.37. The number of nitrogens with zero attached hydrogens (tertiary/aromatic N) is 4. The van der Waals surface area contributed by atoms with Crippen molar-refractivity contribution in [2.75, 3.05) is 13.7 Å². The van der Waals surface area contributed by atoms with Crippen LogP contribution >= 0.6 is 23.2 Å². The van der Waals surface area contributed by atoms with E-state index in [1.54, 1.807) is 7.11 Å². The lowest BCUT2D eigenvalue weighted by atomic mass is 9.80. The minimum atomic E-state index is -0.275. The van der Waals surface area contributed by atoms with E-state index in [0.717, 1.165) is 72.5 Å². The highest BCUT2D eigenvalue weighted by molar-refractivity contribution is 6.45. The summed E-state index contributed by atoms with van der Waals surface area (Å²) < 4.78 is 7.16. The molecule has 2 aromatic heterocycles. The molecule has 1 aliphatic rings. The largest absolute Gasteiger partial charge is 0.497 e. The Labute approximate surface area is 208 Å². The number of hydrogen-bond donors (Lipinski definition) is 2. The Balaban J connectivity index is 1.42. The van der Waals surface area contributed by atoms with Crippen LogP contribution in [0.2, 0.25) is 10.0 Å². The molecule has 9 heteroatoms. The van der Waals surface area contributed by atoms with Crippen molar-refractivity contribution >= 4 is 34.1 Å². The summed E-state index contributed by atoms with van der Waals surface area (Å²) in [6, 6.07) is 11.7. The molecule has 2 N–H and O–H groups in total. The van der Waals surface area contributed by atoms with Gasteiger partial charge in [-0.2, -0.15) is 4.68 Å². The fourth-order valence-corrected chi connectivity index (χ4v) is 5.53. The second-order valence-corrected chi connectivity index (χ2v) is 9.73. The smallest absolute Gasteiger partial charge is 0.176 e. The summed E-state index contributed by atoms with van der Waals surface area (Å²) in [6.45, 7) is 2.88. The molecule has 2 heterocycles. The van der Waals surface area contributed by atoms with Crippen molar-refractivity contribution in [3.63, 3.8) is 0 Å². The standard InChI is InChI=1S/C25H28Cl2N6O/c1-16-19(20-10-11-21(26)22(27)23(20)29-16)12-15-28-25(13-4-3-5-14-25)24-30-31-32-33(24)17-6-8-18(34-2)9-7-17/h6-11,28-29H,3-5,12-15H2,1-2H3. The van der Waals surface area contributed by atoms with Crippen LogP contribution in [0.3, 0.4) is 0 Å². The van der Waals surface area contributed by atoms with Gasteiger partial charge in [0.1, 0.15) is 5.75 Å². The van der Waals surface area contributed by atoms with E-state index in [-0.39, 0.29) is 5.54 Å². The summed E-state index contributed by atoms with van der Waals surface area (Å²) in [6.07, 6.45) is 6.37. The molecule has 7 nitrogen and oxygen atoms in total. The van der Waals surface area contributed by atoms with E-state index >= 15 is 0 Å². The first kappa shape index (κ1) is 23.1. The van der Waals surface area contributed by atoms with Gasteiger partial charge in [-0.25, -0.2) is 0 Å². The van der Waals surface area contributed by atoms with Crippen LogP contribution in [0.1, 0.15) is 49.2 Å². The molecule has 1 saturated carbocycles. The van der Waals surface area contributed by atoms with E-state index in [4.69, 9.17) is 27.9 Å². The zero-order valence-corrected chi connectivity index (χ0v) is 20.9. The van der Waals surface area contributed by atoms with Crippen LogP contribution in [-0.2, 0) is 12.0 Å². The van der Waals surface area contributed by atoms with E-state index in [2.05, 4.69) is 32.7 Å². The number of halogens is 2. The van der Waals surface area contributed by atoms with Crippen molar-refractivity contribution in [2.24, 2.45) is 0 Å². The predicted octanol–water partition coefficient (Wildman–Crippen LogP) is 5.76. The summed E-state index contributed by atoms with van der Waals surface area (Å²) in [5.41, 5.74) is 3.91. The van der Waals surface area contributed by atoms with E-state index in [1.165, 1.54) is 12.0 Å². The number of ether oxygens (including phenoxy) is 1. The van der Waals surface area contributed by atoms with Gasteiger partial charge < -0.3 is 15.0 Å². The summed E-state index contributed by atoms with van der Waals surface area (Å²) in [4.78, 5) is 3.41. The first-order chi connectivity index (χ1) is 16.5. The van der Waals surface area contributed by atoms with Crippen molar-refractivity contribution in [3.8, 4) is 11.4 Å². The molecular formula is C25H28Cl2N6O. The Morgan fingerprint density at radius 3 is 2.59 bits per heavy atom. The minimum absolute atomic E-state index is 0.275. The van der Waals surface area contributed by atoms with Gasteiger partial charge in [0.25, 0.3) is 0 Å². The molecule has 0 bridgehead atoms. The van der Waals surface area contributed by atoms with Crippen molar-refractivity contribution < 1.29 is 4.74 Å². The summed E-state index contributed by atoms with van der Waals surface area (Å²) in [5.74, 6) is 1.67. The Bertz CT molecular complexity index is 1290. The fraction of sp³-hybridized carbons (Fsp3) is 0.400. The summed E-state index contributed by atoms with van der Waals surface area (Å²) in [5, 5.41) is 19.0. The van der Waals surface area contributed by atoms with Crippen LogP contribution in [0.4, 0.5) is 0 Å². The number of methoxy groups -OCH3 is 1. The maximum atomic E-state index is 6.44. The number of aryl methyl sites for hydroxylation is 1. The molecule has 0 unspecified atom stereocenters. The van der Waals surface area contributed by atoms with Gasteiger partial charge in [-0.15, -0.1) is 5.10 Å². The van der Waals surface area contributed by atoms with Crippen molar-refractivity contribution in [1.82, 2.24) is 30.5 Å². The molecule has 1 aliphatic carbocycles. The molecule has 34 heavy (non-hydrogen) atoms. The van der Waals surface area contributed by atoms with Crippen LogP contribution in [0.15, 0.2) is 36.4 Å². The van der Waals surface area contributed by atoms with Crippen LogP contribution in [0.25, 0.3) is 16.6 Å². The van der Waals surface area contributed by atoms with E-state index in [0.29, 0.717) is 10.0 Å². The number of benzene rings is 2. The molecule has 178 valence electrons. The van der Waals surface area contributed by atoms with Crippen LogP contribution in [0.5, 0.6) is 5.75 Å². The molecule has 0 spiro atoms. The molecule has 5 rings (SSSR count). The zero-order chi connectivity index (χ0) is 23.7. The highest BCUT2D eigenvalue weighted by Gasteiger charge is 2.38. The van der Waals surface area contributed by atoms with Gasteiger partial charge in [-0.05, 0) is 72.5 Å². The van der Waals surface area contributed by atoms with Crippen molar-refractivity contribution in [2.45, 2.75) is 51.0 Å². The third-order valence-electron chi connectivity index (χ3n) is 6.95. The predicted molar refractivity (Wildman–Crippen MR) is 135 cm³/mol. The van der Waals surface area contributed by atoms with Gasteiger partial charge in [0.15, 0.2) is 5.82 Å². The Hall–Kier alpha value is -2.61. The number of H-pyrrole nitrogens is 1. The molecule has 1 fully saturated rings. The molecule has 0 radical (unpaired) electrons.